The molecule has 4 aromatic rings. The van der Waals surface area contributed by atoms with Crippen molar-refractivity contribution in [2.75, 3.05) is 17.2 Å². The van der Waals surface area contributed by atoms with Gasteiger partial charge in [-0.1, -0.05) is 29.3 Å². The molecule has 4 N–H and O–H groups in total. The molecule has 0 bridgehead atoms. The summed E-state index contributed by atoms with van der Waals surface area (Å²) >= 11 is 12.7. The van der Waals surface area contributed by atoms with Crippen molar-refractivity contribution in [3.05, 3.63) is 69.2 Å². The lowest BCUT2D eigenvalue weighted by atomic mass is 10.1. The molecule has 0 atom stereocenters. The number of hydrogen-bond acceptors (Lipinski definition) is 6. The van der Waals surface area contributed by atoms with Crippen LogP contribution < -0.4 is 20.7 Å². The Morgan fingerprint density at radius 2 is 1.68 bits per heavy atom. The SMILES string of the molecule is O=C(Nc1ccc(C(F)(F)F)cc1)c1cc2[nH]c(Nc3c(Cl)ccc(CNC(=O)C4(C(F)(F)F)CC4)c3Cl)nc2nc1OCC(F)F. The number of hydrogen-bond donors (Lipinski definition) is 4. The molecule has 9 nitrogen and oxygen atoms in total. The lowest BCUT2D eigenvalue weighted by Gasteiger charge is -2.19. The number of anilines is 3. The number of amides is 2. The van der Waals surface area contributed by atoms with Gasteiger partial charge in [0.1, 0.15) is 11.0 Å². The fraction of sp³-hybridized carbons (Fsp3) is 0.286. The minimum Gasteiger partial charge on any atom is -0.471 e. The number of alkyl halides is 8. The van der Waals surface area contributed by atoms with E-state index in [1.807, 2.05) is 0 Å². The summed E-state index contributed by atoms with van der Waals surface area (Å²) in [4.78, 5) is 36.3. The number of pyridine rings is 1. The Bertz CT molecular complexity index is 1830. The maximum Gasteiger partial charge on any atom is 0.416 e. The van der Waals surface area contributed by atoms with Crippen LogP contribution >= 0.6 is 23.2 Å². The Kier molecular flexibility index (Phi) is 9.16. The summed E-state index contributed by atoms with van der Waals surface area (Å²) < 4.78 is 109. The third-order valence-electron chi connectivity index (χ3n) is 7.08. The number of rotatable bonds is 10. The van der Waals surface area contributed by atoms with Crippen molar-refractivity contribution in [3.63, 3.8) is 0 Å². The predicted molar refractivity (Wildman–Crippen MR) is 154 cm³/mol. The maximum atomic E-state index is 13.3. The number of ether oxygens (including phenoxy) is 1. The molecule has 5 rings (SSSR count). The second kappa shape index (κ2) is 12.7. The third-order valence-corrected chi connectivity index (χ3v) is 7.83. The molecule has 19 heteroatoms. The minimum absolute atomic E-state index is 0.0329. The van der Waals surface area contributed by atoms with Crippen LogP contribution in [-0.4, -0.2) is 46.0 Å². The van der Waals surface area contributed by atoms with Gasteiger partial charge in [0, 0.05) is 12.2 Å². The van der Waals surface area contributed by atoms with E-state index in [1.54, 1.807) is 0 Å². The van der Waals surface area contributed by atoms with E-state index in [1.165, 1.54) is 12.1 Å². The predicted octanol–water partition coefficient (Wildman–Crippen LogP) is 7.88. The molecule has 250 valence electrons. The Balaban J connectivity index is 1.38. The number of carbonyl (C=O) groups excluding carboxylic acids is 2. The number of H-pyrrole nitrogens is 1. The maximum absolute atomic E-state index is 13.3. The van der Waals surface area contributed by atoms with Gasteiger partial charge in [-0.15, -0.1) is 0 Å². The highest BCUT2D eigenvalue weighted by Crippen LogP contribution is 2.57. The van der Waals surface area contributed by atoms with Crippen LogP contribution in [0.25, 0.3) is 11.2 Å². The number of benzene rings is 2. The molecular weight excluding hydrogens is 691 g/mol. The highest BCUT2D eigenvalue weighted by Gasteiger charge is 2.68. The summed E-state index contributed by atoms with van der Waals surface area (Å²) in [5.41, 5.74) is -3.60. The van der Waals surface area contributed by atoms with Crippen molar-refractivity contribution < 1.29 is 49.4 Å². The van der Waals surface area contributed by atoms with Gasteiger partial charge in [-0.3, -0.25) is 9.59 Å². The van der Waals surface area contributed by atoms with Crippen molar-refractivity contribution in [1.82, 2.24) is 20.3 Å². The minimum atomic E-state index is -4.70. The Morgan fingerprint density at radius 1 is 1.00 bits per heavy atom. The van der Waals surface area contributed by atoms with Crippen molar-refractivity contribution in [1.29, 1.82) is 0 Å². The molecule has 2 aromatic heterocycles. The molecule has 0 aliphatic heterocycles. The van der Waals surface area contributed by atoms with E-state index in [-0.39, 0.29) is 69.0 Å². The lowest BCUT2D eigenvalue weighted by Crippen LogP contribution is -2.40. The second-order valence-corrected chi connectivity index (χ2v) is 11.1. The summed E-state index contributed by atoms with van der Waals surface area (Å²) in [5.74, 6) is -2.77. The zero-order valence-electron chi connectivity index (χ0n) is 23.3. The van der Waals surface area contributed by atoms with Gasteiger partial charge in [-0.25, -0.2) is 8.78 Å². The number of nitrogens with one attached hydrogen (secondary N) is 4. The Labute approximate surface area is 269 Å². The van der Waals surface area contributed by atoms with E-state index in [9.17, 15) is 44.7 Å². The fourth-order valence-corrected chi connectivity index (χ4v) is 4.95. The third kappa shape index (κ3) is 7.30. The first-order valence-corrected chi connectivity index (χ1v) is 14.1. The van der Waals surface area contributed by atoms with Crippen LogP contribution in [0.2, 0.25) is 10.0 Å². The molecule has 2 heterocycles. The fourth-order valence-electron chi connectivity index (χ4n) is 4.41. The number of nitrogens with zero attached hydrogens (tertiary/aromatic N) is 2. The number of aromatic amines is 1. The summed E-state index contributed by atoms with van der Waals surface area (Å²) in [6, 6.07) is 7.40. The lowest BCUT2D eigenvalue weighted by molar-refractivity contribution is -0.192. The van der Waals surface area contributed by atoms with E-state index in [2.05, 4.69) is 30.9 Å². The molecule has 0 radical (unpaired) electrons. The number of halogens is 10. The van der Waals surface area contributed by atoms with Crippen LogP contribution in [0.5, 0.6) is 5.88 Å². The summed E-state index contributed by atoms with van der Waals surface area (Å²) in [6.45, 7) is -1.50. The van der Waals surface area contributed by atoms with Crippen molar-refractivity contribution in [2.24, 2.45) is 5.41 Å². The zero-order valence-corrected chi connectivity index (χ0v) is 24.9. The molecule has 1 aliphatic carbocycles. The zero-order chi connectivity index (χ0) is 34.3. The summed E-state index contributed by atoms with van der Waals surface area (Å²) in [6.07, 6.45) is -12.9. The molecule has 0 saturated heterocycles. The molecule has 2 aromatic carbocycles. The van der Waals surface area contributed by atoms with Gasteiger partial charge < -0.3 is 25.7 Å². The quantitative estimate of drug-likeness (QED) is 0.124. The Hall–Kier alpha value is -4.38. The largest absolute Gasteiger partial charge is 0.471 e. The van der Waals surface area contributed by atoms with Crippen molar-refractivity contribution in [2.45, 2.75) is 38.2 Å². The molecule has 1 saturated carbocycles. The van der Waals surface area contributed by atoms with Crippen molar-refractivity contribution >= 4 is 63.5 Å². The van der Waals surface area contributed by atoms with E-state index >= 15 is 0 Å². The average Bonchev–Trinajstić information content (AvgIpc) is 3.73. The number of fused-ring (bicyclic) bond motifs is 1. The Morgan fingerprint density at radius 3 is 2.28 bits per heavy atom. The van der Waals surface area contributed by atoms with Gasteiger partial charge in [0.2, 0.25) is 17.7 Å². The smallest absolute Gasteiger partial charge is 0.416 e. The number of imidazole rings is 1. The van der Waals surface area contributed by atoms with Crippen molar-refractivity contribution in [3.8, 4) is 5.88 Å². The monoisotopic (exact) mass is 710 g/mol. The first kappa shape index (κ1) is 34.0. The summed E-state index contributed by atoms with van der Waals surface area (Å²) in [7, 11) is 0. The highest BCUT2D eigenvalue weighted by atomic mass is 35.5. The molecule has 1 fully saturated rings. The molecule has 2 amide bonds. The first-order valence-electron chi connectivity index (χ1n) is 13.4. The van der Waals surface area contributed by atoms with Crippen LogP contribution in [0.1, 0.15) is 34.3 Å². The highest BCUT2D eigenvalue weighted by molar-refractivity contribution is 6.39. The molecule has 0 unspecified atom stereocenters. The number of aromatic nitrogens is 3. The molecule has 1 aliphatic rings. The van der Waals surface area contributed by atoms with Crippen LogP contribution in [-0.2, 0) is 17.5 Å². The van der Waals surface area contributed by atoms with E-state index in [0.717, 1.165) is 30.3 Å². The molecular formula is C28H20Cl2F8N6O3. The van der Waals surface area contributed by atoms with Crippen LogP contribution in [0.3, 0.4) is 0 Å². The van der Waals surface area contributed by atoms with Gasteiger partial charge in [0.15, 0.2) is 12.3 Å². The molecule has 0 spiro atoms. The first-order chi connectivity index (χ1) is 22.0. The van der Waals surface area contributed by atoms with Gasteiger partial charge in [0.05, 0.1) is 26.8 Å². The van der Waals surface area contributed by atoms with Gasteiger partial charge in [-0.2, -0.15) is 36.3 Å². The van der Waals surface area contributed by atoms with Gasteiger partial charge in [-0.05, 0) is 54.8 Å². The van der Waals surface area contributed by atoms with Gasteiger partial charge >= 0.3 is 12.4 Å². The van der Waals surface area contributed by atoms with E-state index in [4.69, 9.17) is 27.9 Å². The standard InChI is InChI=1S/C28H20Cl2F8N6O3/c29-16-6-1-12(10-39-24(46)26(7-8-26)28(36,37)38)19(30)20(16)42-25-41-17-9-15(23(43-21(17)44-25)47-11-18(31)32)22(45)40-14-4-2-13(3-5-14)27(33,34)35/h1-6,9,18H,7-8,10-11H2,(H,39,46)(H,40,45)(H2,41,42,43,44). The normalized spacial score (nSPS) is 14.3. The van der Waals surface area contributed by atoms with E-state index in [0.29, 0.717) is 0 Å². The topological polar surface area (TPSA) is 121 Å². The van der Waals surface area contributed by atoms with Gasteiger partial charge in [0.25, 0.3) is 12.3 Å². The van der Waals surface area contributed by atoms with E-state index < -0.39 is 54.1 Å². The average molecular weight is 711 g/mol. The van der Waals surface area contributed by atoms with Crippen LogP contribution in [0.15, 0.2) is 42.5 Å². The molecule has 47 heavy (non-hydrogen) atoms. The van der Waals surface area contributed by atoms with Crippen LogP contribution in [0.4, 0.5) is 52.4 Å². The second-order valence-electron chi connectivity index (χ2n) is 10.3. The van der Waals surface area contributed by atoms with Crippen LogP contribution in [0, 0.1) is 5.41 Å². The summed E-state index contributed by atoms with van der Waals surface area (Å²) in [5, 5.41) is 7.36. The number of carbonyl (C=O) groups is 2.